The molecule has 0 aromatic rings. The van der Waals surface area contributed by atoms with Crippen LogP contribution in [0.25, 0.3) is 0 Å². The highest BCUT2D eigenvalue weighted by atomic mass is 31.2. The molecule has 0 bridgehead atoms. The van der Waals surface area contributed by atoms with Crippen LogP contribution in [0.1, 0.15) is 393 Å². The molecule has 5 atom stereocenters. The third-order valence-corrected chi connectivity index (χ3v) is 21.8. The summed E-state index contributed by atoms with van der Waals surface area (Å²) in [6.45, 7) is 2.54. The van der Waals surface area contributed by atoms with Gasteiger partial charge in [0.2, 0.25) is 0 Å². The third-order valence-electron chi connectivity index (χ3n) is 19.9. The van der Waals surface area contributed by atoms with Crippen LogP contribution >= 0.6 is 15.6 Å². The largest absolute Gasteiger partial charge is 0.472 e. The first-order valence-corrected chi connectivity index (χ1v) is 50.4. The second-order valence-electron chi connectivity index (χ2n) is 31.4. The quantitative estimate of drug-likeness (QED) is 0.0146. The molecule has 4 N–H and O–H groups in total. The summed E-state index contributed by atoms with van der Waals surface area (Å²) in [4.78, 5) is 59.1. The average molecular weight is 1700 g/mol. The maximum Gasteiger partial charge on any atom is 0.472 e. The van der Waals surface area contributed by atoms with Crippen LogP contribution < -0.4 is 0 Å². The van der Waals surface area contributed by atoms with E-state index in [4.69, 9.17) is 32.3 Å². The van der Waals surface area contributed by atoms with E-state index < -0.39 is 91.5 Å². The Morgan fingerprint density at radius 2 is 0.445 bits per heavy atom. The normalized spacial score (nSPS) is 14.5. The first-order valence-electron chi connectivity index (χ1n) is 47.4. The fraction of sp³-hybridized carbons (Fsp3) is 0.693. The molecule has 119 heavy (non-hydrogen) atoms. The number of esters is 3. The number of unbranched alkanes of at least 4 members (excludes halogenated alkanes) is 38. The Labute approximate surface area is 726 Å². The minimum Gasteiger partial charge on any atom is -0.463 e. The van der Waals surface area contributed by atoms with Crippen molar-refractivity contribution in [3.05, 3.63) is 170 Å². The number of aliphatic hydroxyl groups is 2. The molecule has 0 aromatic heterocycles. The van der Waals surface area contributed by atoms with Gasteiger partial charge in [-0.2, -0.15) is 0 Å². The lowest BCUT2D eigenvalue weighted by Gasteiger charge is -2.21. The maximum atomic E-state index is 13.1. The molecule has 682 valence electrons. The van der Waals surface area contributed by atoms with Crippen LogP contribution in [0.5, 0.6) is 0 Å². The van der Waals surface area contributed by atoms with E-state index in [1.54, 1.807) is 0 Å². The topological polar surface area (TPSA) is 231 Å². The Balaban J connectivity index is 4.60. The molecule has 0 aromatic carbocycles. The summed E-state index contributed by atoms with van der Waals surface area (Å²) >= 11 is 0. The standard InChI is InChI=1S/C101H172O16P2/c1-4-7-10-13-16-19-22-25-28-31-34-37-40-42-44-45-46-47-48-49-51-53-55-57-60-63-66-69-72-75-78-81-84-87-99(104)111-90-96(102)91-113-118(107,108)114-92-97(103)93-115-119(109,110)116-95-98(117-101(106)89-86-83-80-77-74-71-68-65-62-59-54-39-36-33-30-27-24-21-18-15-12-9-6-3)94-112-100(105)88-85-82-79-76-73-70-67-64-61-58-56-52-50-43-41-38-35-32-29-26-23-20-17-14-11-8-5-2/h7,10,16-21,25-30,34-39,42-44,46-47,50,59,62,96-98,102-103H,4-6,8-9,11-15,22-24,31-33,40-41,45,48-49,51-58,60-61,63-95H2,1-3H3,(H,107,108)(H,109,110)/b10-7-,19-16-,20-17-,21-18-,28-25-,29-26-,30-27-,37-34-,38-35-,39-36-,44-42-,47-46-,50-43-,62-59-. The van der Waals surface area contributed by atoms with Crippen molar-refractivity contribution in [2.75, 3.05) is 39.6 Å². The van der Waals surface area contributed by atoms with Gasteiger partial charge in [-0.1, -0.05) is 384 Å². The Bertz CT molecular complexity index is 2840. The summed E-state index contributed by atoms with van der Waals surface area (Å²) in [5, 5.41) is 20.8. The molecular formula is C101H172O16P2. The molecule has 5 unspecified atom stereocenters. The van der Waals surface area contributed by atoms with Gasteiger partial charge >= 0.3 is 33.6 Å². The van der Waals surface area contributed by atoms with Crippen molar-refractivity contribution in [3.63, 3.8) is 0 Å². The third kappa shape index (κ3) is 93.5. The second kappa shape index (κ2) is 92.1. The molecule has 0 aliphatic rings. The highest BCUT2D eigenvalue weighted by Crippen LogP contribution is 2.45. The zero-order valence-corrected chi connectivity index (χ0v) is 77.0. The molecule has 0 heterocycles. The number of carbonyl (C=O) groups excluding carboxylic acids is 3. The summed E-state index contributed by atoms with van der Waals surface area (Å²) in [5.41, 5.74) is 0. The SMILES string of the molecule is CC/C=C\C/C=C\C/C=C\C/C=C\C/C=C\C/C=C\CCCCCCCCCCCCCCCCC(=O)OCC(O)COP(=O)(O)OCC(O)COP(=O)(O)OCC(COC(=O)CCCCCCCCCCCCC/C=C\C/C=C\C/C=C\C/C=C\CCCCC)OC(=O)CCCCCCCCC/C=C\C/C=C\C/C=C\C/C=C\CCCCC. The summed E-state index contributed by atoms with van der Waals surface area (Å²) in [6.07, 6.45) is 120. The van der Waals surface area contributed by atoms with Crippen LogP contribution in [0.3, 0.4) is 0 Å². The number of ether oxygens (including phenoxy) is 3. The van der Waals surface area contributed by atoms with Gasteiger partial charge in [0.25, 0.3) is 0 Å². The van der Waals surface area contributed by atoms with E-state index in [1.165, 1.54) is 154 Å². The van der Waals surface area contributed by atoms with Crippen molar-refractivity contribution in [1.29, 1.82) is 0 Å². The van der Waals surface area contributed by atoms with Gasteiger partial charge in [0.15, 0.2) is 6.10 Å². The lowest BCUT2D eigenvalue weighted by Crippen LogP contribution is -2.30. The minimum atomic E-state index is -4.95. The zero-order chi connectivity index (χ0) is 86.5. The van der Waals surface area contributed by atoms with Gasteiger partial charge in [-0.25, -0.2) is 9.13 Å². The van der Waals surface area contributed by atoms with E-state index in [1.807, 2.05) is 0 Å². The van der Waals surface area contributed by atoms with Crippen molar-refractivity contribution in [2.24, 2.45) is 0 Å². The highest BCUT2D eigenvalue weighted by Gasteiger charge is 2.29. The van der Waals surface area contributed by atoms with Crippen molar-refractivity contribution in [3.8, 4) is 0 Å². The van der Waals surface area contributed by atoms with E-state index in [2.05, 4.69) is 191 Å². The van der Waals surface area contributed by atoms with E-state index in [9.17, 15) is 43.5 Å². The number of aliphatic hydroxyl groups excluding tert-OH is 2. The van der Waals surface area contributed by atoms with E-state index in [0.717, 1.165) is 180 Å². The Hall–Kier alpha value is -5.09. The Kier molecular flexibility index (Phi) is 88.2. The Morgan fingerprint density at radius 3 is 0.706 bits per heavy atom. The van der Waals surface area contributed by atoms with Crippen molar-refractivity contribution >= 4 is 33.6 Å². The summed E-state index contributed by atoms with van der Waals surface area (Å²) in [5.74, 6) is -1.58. The second-order valence-corrected chi connectivity index (χ2v) is 34.3. The molecule has 18 heteroatoms. The molecule has 0 radical (unpaired) electrons. The van der Waals surface area contributed by atoms with Crippen LogP contribution in [0.15, 0.2) is 170 Å². The summed E-state index contributed by atoms with van der Waals surface area (Å²) in [7, 11) is -9.82. The van der Waals surface area contributed by atoms with E-state index >= 15 is 0 Å². The number of hydrogen-bond acceptors (Lipinski definition) is 14. The minimum absolute atomic E-state index is 0.0880. The van der Waals surface area contributed by atoms with Gasteiger partial charge in [-0.15, -0.1) is 0 Å². The fourth-order valence-corrected chi connectivity index (χ4v) is 14.3. The molecular weight excluding hydrogens is 1530 g/mol. The summed E-state index contributed by atoms with van der Waals surface area (Å²) in [6, 6.07) is 0. The zero-order valence-electron chi connectivity index (χ0n) is 75.2. The van der Waals surface area contributed by atoms with Crippen molar-refractivity contribution < 1.29 is 75.8 Å². The van der Waals surface area contributed by atoms with Crippen molar-refractivity contribution in [1.82, 2.24) is 0 Å². The average Bonchev–Trinajstić information content (AvgIpc) is 0.911. The molecule has 0 rings (SSSR count). The lowest BCUT2D eigenvalue weighted by atomic mass is 10.0. The van der Waals surface area contributed by atoms with Gasteiger partial charge in [-0.3, -0.25) is 32.5 Å². The van der Waals surface area contributed by atoms with Gasteiger partial charge < -0.3 is 34.2 Å². The number of phosphoric ester groups is 2. The van der Waals surface area contributed by atoms with Gasteiger partial charge in [-0.05, 0) is 161 Å². The van der Waals surface area contributed by atoms with Crippen LogP contribution in [0, 0.1) is 0 Å². The molecule has 0 spiro atoms. The number of rotatable bonds is 89. The lowest BCUT2D eigenvalue weighted by molar-refractivity contribution is -0.161. The molecule has 0 amide bonds. The predicted octanol–water partition coefficient (Wildman–Crippen LogP) is 29.4. The van der Waals surface area contributed by atoms with Crippen LogP contribution in [0.4, 0.5) is 0 Å². The predicted molar refractivity (Wildman–Crippen MR) is 500 cm³/mol. The summed E-state index contributed by atoms with van der Waals surface area (Å²) < 4.78 is 61.5. The first kappa shape index (κ1) is 114. The number of allylic oxidation sites excluding steroid dienone is 28. The number of carbonyl (C=O) groups is 3. The number of phosphoric acid groups is 2. The van der Waals surface area contributed by atoms with Gasteiger partial charge in [0.05, 0.1) is 26.4 Å². The van der Waals surface area contributed by atoms with Crippen LogP contribution in [-0.4, -0.2) is 95.9 Å². The first-order chi connectivity index (χ1) is 58.2. The monoisotopic (exact) mass is 1700 g/mol. The smallest absolute Gasteiger partial charge is 0.463 e. The van der Waals surface area contributed by atoms with Crippen LogP contribution in [0.2, 0.25) is 0 Å². The van der Waals surface area contributed by atoms with E-state index in [0.29, 0.717) is 19.3 Å². The molecule has 0 fully saturated rings. The molecule has 0 aliphatic heterocycles. The Morgan fingerprint density at radius 1 is 0.244 bits per heavy atom. The molecule has 0 aliphatic carbocycles. The van der Waals surface area contributed by atoms with E-state index in [-0.39, 0.29) is 19.3 Å². The highest BCUT2D eigenvalue weighted by molar-refractivity contribution is 7.47. The van der Waals surface area contributed by atoms with Crippen molar-refractivity contribution in [2.45, 2.75) is 411 Å². The van der Waals surface area contributed by atoms with Crippen LogP contribution in [-0.2, 0) is 55.8 Å². The maximum absolute atomic E-state index is 13.1. The molecule has 0 saturated carbocycles. The molecule has 16 nitrogen and oxygen atoms in total. The van der Waals surface area contributed by atoms with Gasteiger partial charge in [0, 0.05) is 19.3 Å². The molecule has 0 saturated heterocycles. The number of hydrogen-bond donors (Lipinski definition) is 4. The fourth-order valence-electron chi connectivity index (χ4n) is 12.7. The van der Waals surface area contributed by atoms with Gasteiger partial charge in [0.1, 0.15) is 25.4 Å².